The van der Waals surface area contributed by atoms with Gasteiger partial charge in [0.2, 0.25) is 0 Å². The topological polar surface area (TPSA) is 61.7 Å². The molecule has 0 saturated heterocycles. The van der Waals surface area contributed by atoms with Gasteiger partial charge in [0.05, 0.1) is 13.2 Å². The van der Waals surface area contributed by atoms with Crippen LogP contribution in [0.3, 0.4) is 0 Å². The summed E-state index contributed by atoms with van der Waals surface area (Å²) in [7, 11) is 0. The van der Waals surface area contributed by atoms with Gasteiger partial charge >= 0.3 is 0 Å². The standard InChI is InChI=1S/C21H27NO3/c1-2-9-19(22-14-17-10-5-3-6-11-17)21(20(24)15-23)25-16-18-12-7-4-8-13-18/h2-8,10-13,19-24H,1,9,14-16H2/t19-,20+,21+/m1/s1. The van der Waals surface area contributed by atoms with E-state index >= 15 is 0 Å². The van der Waals surface area contributed by atoms with Crippen LogP contribution in [0.15, 0.2) is 73.3 Å². The van der Waals surface area contributed by atoms with Gasteiger partial charge in [-0.3, -0.25) is 0 Å². The van der Waals surface area contributed by atoms with Gasteiger partial charge in [0.1, 0.15) is 12.2 Å². The minimum absolute atomic E-state index is 0.149. The first kappa shape index (κ1) is 19.3. The summed E-state index contributed by atoms with van der Waals surface area (Å²) in [6.45, 7) is 4.49. The predicted molar refractivity (Wildman–Crippen MR) is 100.0 cm³/mol. The van der Waals surface area contributed by atoms with E-state index in [4.69, 9.17) is 4.74 Å². The predicted octanol–water partition coefficient (Wildman–Crippen LogP) is 2.66. The maximum absolute atomic E-state index is 10.2. The van der Waals surface area contributed by atoms with Crippen molar-refractivity contribution in [3.63, 3.8) is 0 Å². The Labute approximate surface area is 149 Å². The SMILES string of the molecule is C=CC[C@@H](NCc1ccccc1)[C@H](OCc1ccccc1)[C@@H](O)CO. The first-order chi connectivity index (χ1) is 12.2. The Hall–Kier alpha value is -1.98. The van der Waals surface area contributed by atoms with Gasteiger partial charge in [0.15, 0.2) is 0 Å². The van der Waals surface area contributed by atoms with Gasteiger partial charge < -0.3 is 20.3 Å². The number of rotatable bonds is 11. The Bertz CT molecular complexity index is 603. The largest absolute Gasteiger partial charge is 0.394 e. The molecule has 2 aromatic rings. The maximum atomic E-state index is 10.2. The van der Waals surface area contributed by atoms with Crippen LogP contribution in [0.5, 0.6) is 0 Å². The van der Waals surface area contributed by atoms with E-state index in [0.717, 1.165) is 11.1 Å². The quantitative estimate of drug-likeness (QED) is 0.550. The molecule has 0 aliphatic rings. The second kappa shape index (κ2) is 10.8. The van der Waals surface area contributed by atoms with Crippen molar-refractivity contribution >= 4 is 0 Å². The van der Waals surface area contributed by atoms with Gasteiger partial charge in [-0.1, -0.05) is 66.7 Å². The van der Waals surface area contributed by atoms with E-state index in [1.165, 1.54) is 0 Å². The molecule has 4 heteroatoms. The molecule has 0 unspecified atom stereocenters. The molecule has 3 atom stereocenters. The van der Waals surface area contributed by atoms with Crippen LogP contribution in [-0.2, 0) is 17.9 Å². The van der Waals surface area contributed by atoms with Crippen LogP contribution in [0.2, 0.25) is 0 Å². The highest BCUT2D eigenvalue weighted by Crippen LogP contribution is 2.14. The molecule has 0 radical (unpaired) electrons. The number of aliphatic hydroxyl groups excluding tert-OH is 2. The van der Waals surface area contributed by atoms with Crippen molar-refractivity contribution < 1.29 is 14.9 Å². The lowest BCUT2D eigenvalue weighted by atomic mass is 10.0. The average Bonchev–Trinajstić information content (AvgIpc) is 2.67. The first-order valence-electron chi connectivity index (χ1n) is 8.57. The summed E-state index contributed by atoms with van der Waals surface area (Å²) in [5.41, 5.74) is 2.18. The minimum Gasteiger partial charge on any atom is -0.394 e. The van der Waals surface area contributed by atoms with Gasteiger partial charge in [0, 0.05) is 12.6 Å². The third kappa shape index (κ3) is 6.44. The summed E-state index contributed by atoms with van der Waals surface area (Å²) in [6, 6.07) is 19.7. The fourth-order valence-electron chi connectivity index (χ4n) is 2.72. The van der Waals surface area contributed by atoms with Crippen LogP contribution in [0, 0.1) is 0 Å². The van der Waals surface area contributed by atoms with Crippen molar-refractivity contribution in [3.05, 3.63) is 84.4 Å². The normalized spacial score (nSPS) is 14.6. The number of ether oxygens (including phenoxy) is 1. The number of hydrogen-bond donors (Lipinski definition) is 3. The van der Waals surface area contributed by atoms with Crippen molar-refractivity contribution in [3.8, 4) is 0 Å². The Kier molecular flexibility index (Phi) is 8.35. The second-order valence-corrected chi connectivity index (χ2v) is 6.01. The molecule has 134 valence electrons. The molecule has 4 nitrogen and oxygen atoms in total. The van der Waals surface area contributed by atoms with E-state index < -0.39 is 12.2 Å². The third-order valence-corrected chi connectivity index (χ3v) is 4.08. The van der Waals surface area contributed by atoms with Gasteiger partial charge in [-0.2, -0.15) is 0 Å². The zero-order valence-corrected chi connectivity index (χ0v) is 14.4. The summed E-state index contributed by atoms with van der Waals surface area (Å²) in [5, 5.41) is 23.1. The number of aliphatic hydroxyl groups is 2. The van der Waals surface area contributed by atoms with E-state index in [9.17, 15) is 10.2 Å². The minimum atomic E-state index is -0.961. The van der Waals surface area contributed by atoms with Crippen LogP contribution in [0.25, 0.3) is 0 Å². The third-order valence-electron chi connectivity index (χ3n) is 4.08. The molecule has 0 aliphatic carbocycles. The molecule has 3 N–H and O–H groups in total. The van der Waals surface area contributed by atoms with E-state index in [0.29, 0.717) is 19.6 Å². The summed E-state index contributed by atoms with van der Waals surface area (Å²) in [4.78, 5) is 0. The molecule has 25 heavy (non-hydrogen) atoms. The summed E-state index contributed by atoms with van der Waals surface area (Å²) < 4.78 is 5.96. The van der Waals surface area contributed by atoms with E-state index in [1.807, 2.05) is 60.7 Å². The van der Waals surface area contributed by atoms with Crippen molar-refractivity contribution in [1.29, 1.82) is 0 Å². The Morgan fingerprint density at radius 3 is 2.16 bits per heavy atom. The Balaban J connectivity index is 2.03. The summed E-state index contributed by atoms with van der Waals surface area (Å²) in [5.74, 6) is 0. The van der Waals surface area contributed by atoms with Crippen molar-refractivity contribution in [2.75, 3.05) is 6.61 Å². The first-order valence-corrected chi connectivity index (χ1v) is 8.57. The fourth-order valence-corrected chi connectivity index (χ4v) is 2.72. The lowest BCUT2D eigenvalue weighted by Gasteiger charge is -2.30. The smallest absolute Gasteiger partial charge is 0.105 e. The molecular formula is C21H27NO3. The summed E-state index contributed by atoms with van der Waals surface area (Å²) in [6.07, 6.45) is 0.929. The van der Waals surface area contributed by atoms with E-state index in [2.05, 4.69) is 11.9 Å². The molecule has 0 spiro atoms. The highest BCUT2D eigenvalue weighted by Gasteiger charge is 2.28. The molecule has 2 aromatic carbocycles. The van der Waals surface area contributed by atoms with Crippen LogP contribution in [-0.4, -0.2) is 35.1 Å². The van der Waals surface area contributed by atoms with Crippen LogP contribution >= 0.6 is 0 Å². The lowest BCUT2D eigenvalue weighted by Crippen LogP contribution is -2.48. The van der Waals surface area contributed by atoms with E-state index in [1.54, 1.807) is 6.08 Å². The maximum Gasteiger partial charge on any atom is 0.105 e. The Morgan fingerprint density at radius 1 is 1.00 bits per heavy atom. The average molecular weight is 341 g/mol. The molecule has 0 amide bonds. The van der Waals surface area contributed by atoms with Crippen LogP contribution < -0.4 is 5.32 Å². The highest BCUT2D eigenvalue weighted by atomic mass is 16.5. The highest BCUT2D eigenvalue weighted by molar-refractivity contribution is 5.15. The number of nitrogens with one attached hydrogen (secondary N) is 1. The molecular weight excluding hydrogens is 314 g/mol. The molecule has 0 heterocycles. The van der Waals surface area contributed by atoms with E-state index in [-0.39, 0.29) is 12.6 Å². The van der Waals surface area contributed by atoms with Crippen molar-refractivity contribution in [2.45, 2.75) is 37.8 Å². The molecule has 0 aliphatic heterocycles. The molecule has 0 bridgehead atoms. The zero-order chi connectivity index (χ0) is 17.9. The van der Waals surface area contributed by atoms with Gasteiger partial charge in [-0.15, -0.1) is 6.58 Å². The van der Waals surface area contributed by atoms with Gasteiger partial charge in [-0.05, 0) is 17.5 Å². The zero-order valence-electron chi connectivity index (χ0n) is 14.4. The number of benzene rings is 2. The molecule has 0 saturated carbocycles. The molecule has 0 fully saturated rings. The van der Waals surface area contributed by atoms with Crippen LogP contribution in [0.4, 0.5) is 0 Å². The van der Waals surface area contributed by atoms with Crippen molar-refractivity contribution in [2.24, 2.45) is 0 Å². The van der Waals surface area contributed by atoms with Gasteiger partial charge in [0.25, 0.3) is 0 Å². The lowest BCUT2D eigenvalue weighted by molar-refractivity contribution is -0.0812. The van der Waals surface area contributed by atoms with Crippen molar-refractivity contribution in [1.82, 2.24) is 5.32 Å². The molecule has 2 rings (SSSR count). The number of hydrogen-bond acceptors (Lipinski definition) is 4. The van der Waals surface area contributed by atoms with Crippen LogP contribution in [0.1, 0.15) is 17.5 Å². The fraction of sp³-hybridized carbons (Fsp3) is 0.333. The summed E-state index contributed by atoms with van der Waals surface area (Å²) >= 11 is 0. The molecule has 0 aromatic heterocycles. The monoisotopic (exact) mass is 341 g/mol. The Morgan fingerprint density at radius 2 is 1.60 bits per heavy atom. The second-order valence-electron chi connectivity index (χ2n) is 6.01. The van der Waals surface area contributed by atoms with Gasteiger partial charge in [-0.25, -0.2) is 0 Å².